The van der Waals surface area contributed by atoms with Gasteiger partial charge in [-0.1, -0.05) is 0 Å². The van der Waals surface area contributed by atoms with Crippen LogP contribution < -0.4 is 0 Å². The number of halogens is 2. The van der Waals surface area contributed by atoms with Gasteiger partial charge >= 0.3 is 0 Å². The Bertz CT molecular complexity index is 447. The number of hydrogen-bond donors (Lipinski definition) is 0. The third-order valence-electron chi connectivity index (χ3n) is 3.15. The maximum Gasteiger partial charge on any atom is 0.179 e. The summed E-state index contributed by atoms with van der Waals surface area (Å²) in [6, 6.07) is 3.45. The van der Waals surface area contributed by atoms with E-state index < -0.39 is 11.6 Å². The average Bonchev–Trinajstić information content (AvgIpc) is 2.81. The Morgan fingerprint density at radius 2 is 2.28 bits per heavy atom. The van der Waals surface area contributed by atoms with Gasteiger partial charge in [-0.05, 0) is 31.4 Å². The highest BCUT2D eigenvalue weighted by atomic mass is 32.2. The van der Waals surface area contributed by atoms with Gasteiger partial charge in [-0.3, -0.25) is 9.69 Å². The molecule has 1 unspecified atom stereocenters. The summed E-state index contributed by atoms with van der Waals surface area (Å²) in [6.45, 7) is 0.174. The minimum atomic E-state index is -0.783. The maximum atomic E-state index is 13.4. The van der Waals surface area contributed by atoms with Crippen molar-refractivity contribution in [1.82, 2.24) is 4.90 Å². The normalized spacial score (nSPS) is 19.4. The standard InChI is InChI=1S/C13H15F2NOS/c1-16(10-4-5-18-8-10)7-13(17)11-3-2-9(14)6-12(11)15/h2-3,6,10H,4-5,7-8H2,1H3. The number of nitrogens with zero attached hydrogens (tertiary/aromatic N) is 1. The summed E-state index contributed by atoms with van der Waals surface area (Å²) in [5.41, 5.74) is -0.0334. The van der Waals surface area contributed by atoms with Crippen molar-refractivity contribution in [2.45, 2.75) is 12.5 Å². The monoisotopic (exact) mass is 271 g/mol. The van der Waals surface area contributed by atoms with E-state index >= 15 is 0 Å². The molecule has 1 aromatic rings. The number of Topliss-reactive ketones (excluding diaryl/α,β-unsaturated/α-hetero) is 1. The molecule has 2 rings (SSSR count). The van der Waals surface area contributed by atoms with Crippen molar-refractivity contribution >= 4 is 17.5 Å². The van der Waals surface area contributed by atoms with Gasteiger partial charge in [0, 0.05) is 17.9 Å². The van der Waals surface area contributed by atoms with Crippen LogP contribution >= 0.6 is 11.8 Å². The van der Waals surface area contributed by atoms with E-state index in [1.165, 1.54) is 6.07 Å². The number of likely N-dealkylation sites (N-methyl/N-ethyl adjacent to an activating group) is 1. The summed E-state index contributed by atoms with van der Waals surface area (Å²) in [7, 11) is 1.87. The summed E-state index contributed by atoms with van der Waals surface area (Å²) in [4.78, 5) is 13.9. The Labute approximate surface area is 109 Å². The fraction of sp³-hybridized carbons (Fsp3) is 0.462. The number of carbonyl (C=O) groups excluding carboxylic acids is 1. The molecule has 0 aromatic heterocycles. The van der Waals surface area contributed by atoms with E-state index in [1.807, 2.05) is 23.7 Å². The van der Waals surface area contributed by atoms with Crippen LogP contribution in [-0.4, -0.2) is 41.8 Å². The van der Waals surface area contributed by atoms with E-state index in [0.29, 0.717) is 6.04 Å². The molecule has 0 saturated carbocycles. The molecule has 1 fully saturated rings. The summed E-state index contributed by atoms with van der Waals surface area (Å²) in [5.74, 6) is 0.370. The summed E-state index contributed by atoms with van der Waals surface area (Å²) in [6.07, 6.45) is 1.06. The molecular formula is C13H15F2NOS. The highest BCUT2D eigenvalue weighted by Crippen LogP contribution is 2.21. The van der Waals surface area contributed by atoms with Crippen LogP contribution in [0.5, 0.6) is 0 Å². The summed E-state index contributed by atoms with van der Waals surface area (Å²) in [5, 5.41) is 0. The topological polar surface area (TPSA) is 20.3 Å². The molecule has 18 heavy (non-hydrogen) atoms. The van der Waals surface area contributed by atoms with Crippen molar-refractivity contribution in [2.24, 2.45) is 0 Å². The van der Waals surface area contributed by atoms with Gasteiger partial charge in [-0.15, -0.1) is 0 Å². The summed E-state index contributed by atoms with van der Waals surface area (Å²) >= 11 is 1.86. The minimum absolute atomic E-state index is 0.0334. The number of hydrogen-bond acceptors (Lipinski definition) is 3. The molecule has 1 aliphatic heterocycles. The third kappa shape index (κ3) is 3.09. The number of carbonyl (C=O) groups is 1. The number of thioether (sulfide) groups is 1. The van der Waals surface area contributed by atoms with Gasteiger partial charge in [0.1, 0.15) is 11.6 Å². The predicted molar refractivity (Wildman–Crippen MR) is 69.0 cm³/mol. The van der Waals surface area contributed by atoms with Crippen LogP contribution in [0.1, 0.15) is 16.8 Å². The van der Waals surface area contributed by atoms with Gasteiger partial charge in [-0.25, -0.2) is 8.78 Å². The Balaban J connectivity index is 2.02. The van der Waals surface area contributed by atoms with Crippen molar-refractivity contribution in [3.8, 4) is 0 Å². The molecule has 98 valence electrons. The Kier molecular flexibility index (Phi) is 4.35. The van der Waals surface area contributed by atoms with Crippen LogP contribution in [0.4, 0.5) is 8.78 Å². The second kappa shape index (κ2) is 5.80. The van der Waals surface area contributed by atoms with E-state index in [4.69, 9.17) is 0 Å². The first-order valence-electron chi connectivity index (χ1n) is 5.84. The predicted octanol–water partition coefficient (Wildman–Crippen LogP) is 2.58. The molecule has 1 atom stereocenters. The highest BCUT2D eigenvalue weighted by Gasteiger charge is 2.23. The highest BCUT2D eigenvalue weighted by molar-refractivity contribution is 7.99. The van der Waals surface area contributed by atoms with Crippen molar-refractivity contribution < 1.29 is 13.6 Å². The van der Waals surface area contributed by atoms with Crippen LogP contribution in [0.25, 0.3) is 0 Å². The van der Waals surface area contributed by atoms with Crippen molar-refractivity contribution in [3.63, 3.8) is 0 Å². The Hall–Kier alpha value is -0.940. The molecule has 0 spiro atoms. The van der Waals surface area contributed by atoms with Crippen LogP contribution in [0, 0.1) is 11.6 Å². The van der Waals surface area contributed by atoms with Crippen molar-refractivity contribution in [2.75, 3.05) is 25.1 Å². The van der Waals surface area contributed by atoms with E-state index in [9.17, 15) is 13.6 Å². The molecule has 0 N–H and O–H groups in total. The molecule has 0 radical (unpaired) electrons. The van der Waals surface area contributed by atoms with E-state index in [1.54, 1.807) is 0 Å². The van der Waals surface area contributed by atoms with Crippen LogP contribution in [0.2, 0.25) is 0 Å². The van der Waals surface area contributed by atoms with Crippen LogP contribution in [-0.2, 0) is 0 Å². The SMILES string of the molecule is CN(CC(=O)c1ccc(F)cc1F)C1CCSC1. The molecule has 0 bridgehead atoms. The minimum Gasteiger partial charge on any atom is -0.295 e. The third-order valence-corrected chi connectivity index (χ3v) is 4.30. The lowest BCUT2D eigenvalue weighted by Gasteiger charge is -2.22. The maximum absolute atomic E-state index is 13.4. The Morgan fingerprint density at radius 3 is 2.89 bits per heavy atom. The lowest BCUT2D eigenvalue weighted by Crippen LogP contribution is -2.36. The van der Waals surface area contributed by atoms with Gasteiger partial charge in [0.15, 0.2) is 5.78 Å². The molecule has 1 saturated heterocycles. The van der Waals surface area contributed by atoms with Crippen LogP contribution in [0.3, 0.4) is 0 Å². The number of rotatable bonds is 4. The lowest BCUT2D eigenvalue weighted by atomic mass is 10.1. The van der Waals surface area contributed by atoms with Crippen molar-refractivity contribution in [3.05, 3.63) is 35.4 Å². The first-order valence-corrected chi connectivity index (χ1v) is 6.99. The second-order valence-corrected chi connectivity index (χ2v) is 5.63. The lowest BCUT2D eigenvalue weighted by molar-refractivity contribution is 0.0922. The van der Waals surface area contributed by atoms with E-state index in [-0.39, 0.29) is 17.9 Å². The van der Waals surface area contributed by atoms with E-state index in [2.05, 4.69) is 0 Å². The summed E-state index contributed by atoms with van der Waals surface area (Å²) < 4.78 is 26.2. The van der Waals surface area contributed by atoms with E-state index in [0.717, 1.165) is 30.1 Å². The largest absolute Gasteiger partial charge is 0.295 e. The molecule has 1 aliphatic rings. The molecular weight excluding hydrogens is 256 g/mol. The fourth-order valence-corrected chi connectivity index (χ4v) is 3.32. The van der Waals surface area contributed by atoms with Gasteiger partial charge in [0.05, 0.1) is 12.1 Å². The number of benzene rings is 1. The fourth-order valence-electron chi connectivity index (χ4n) is 2.03. The quantitative estimate of drug-likeness (QED) is 0.785. The van der Waals surface area contributed by atoms with Crippen molar-refractivity contribution in [1.29, 1.82) is 0 Å². The Morgan fingerprint density at radius 1 is 1.50 bits per heavy atom. The van der Waals surface area contributed by atoms with Gasteiger partial charge in [0.25, 0.3) is 0 Å². The average molecular weight is 271 g/mol. The first kappa shape index (κ1) is 13.5. The zero-order chi connectivity index (χ0) is 13.1. The van der Waals surface area contributed by atoms with Gasteiger partial charge < -0.3 is 0 Å². The zero-order valence-electron chi connectivity index (χ0n) is 10.2. The van der Waals surface area contributed by atoms with Gasteiger partial charge in [0.2, 0.25) is 0 Å². The molecule has 1 aromatic carbocycles. The smallest absolute Gasteiger partial charge is 0.179 e. The zero-order valence-corrected chi connectivity index (χ0v) is 11.0. The first-order chi connectivity index (χ1) is 8.58. The number of ketones is 1. The van der Waals surface area contributed by atoms with Gasteiger partial charge in [-0.2, -0.15) is 11.8 Å². The molecule has 2 nitrogen and oxygen atoms in total. The molecule has 0 amide bonds. The molecule has 0 aliphatic carbocycles. The molecule has 1 heterocycles. The van der Waals surface area contributed by atoms with Crippen LogP contribution in [0.15, 0.2) is 18.2 Å². The molecule has 5 heteroatoms. The second-order valence-electron chi connectivity index (χ2n) is 4.48.